The van der Waals surface area contributed by atoms with E-state index in [1.807, 2.05) is 6.08 Å². The predicted molar refractivity (Wildman–Crippen MR) is 98.3 cm³/mol. The number of hydrogen-bond donors (Lipinski definition) is 1. The van der Waals surface area contributed by atoms with Crippen LogP contribution in [-0.4, -0.2) is 29.7 Å². The van der Waals surface area contributed by atoms with Crippen LogP contribution in [-0.2, 0) is 0 Å². The van der Waals surface area contributed by atoms with Gasteiger partial charge >= 0.3 is 0 Å². The van der Waals surface area contributed by atoms with Crippen LogP contribution in [0.5, 0.6) is 0 Å². The standard InChI is InChI=1S/C20H27N3/c1-4-5-11-18-15(2)19-12-13-23(17-9-7-6-8-10-17)14-20(19)22-21-16(18)3/h4-5,11-12,17,21H,1,3,6-10,13-14H2,2H3/b11-5-. The summed E-state index contributed by atoms with van der Waals surface area (Å²) < 4.78 is 0. The monoisotopic (exact) mass is 309 g/mol. The van der Waals surface area contributed by atoms with Gasteiger partial charge in [-0.1, -0.05) is 56.7 Å². The fraction of sp³-hybridized carbons (Fsp3) is 0.450. The van der Waals surface area contributed by atoms with Crippen molar-refractivity contribution in [2.24, 2.45) is 5.10 Å². The molecule has 1 saturated carbocycles. The smallest absolute Gasteiger partial charge is 0.0819 e. The van der Waals surface area contributed by atoms with Crippen molar-refractivity contribution in [3.63, 3.8) is 0 Å². The number of nitrogens with one attached hydrogen (secondary N) is 1. The van der Waals surface area contributed by atoms with Gasteiger partial charge in [-0.2, -0.15) is 5.10 Å². The van der Waals surface area contributed by atoms with Crippen molar-refractivity contribution in [1.82, 2.24) is 10.3 Å². The van der Waals surface area contributed by atoms with Crippen molar-refractivity contribution in [2.45, 2.75) is 45.1 Å². The van der Waals surface area contributed by atoms with Crippen LogP contribution in [0.25, 0.3) is 0 Å². The van der Waals surface area contributed by atoms with E-state index in [1.54, 1.807) is 6.08 Å². The molecule has 1 fully saturated rings. The minimum atomic E-state index is 0.722. The third-order valence-corrected chi connectivity index (χ3v) is 5.14. The van der Waals surface area contributed by atoms with E-state index < -0.39 is 0 Å². The zero-order valence-corrected chi connectivity index (χ0v) is 14.1. The van der Waals surface area contributed by atoms with E-state index in [9.17, 15) is 0 Å². The third kappa shape index (κ3) is 3.40. The molecular formula is C20H27N3. The third-order valence-electron chi connectivity index (χ3n) is 5.14. The van der Waals surface area contributed by atoms with Crippen molar-refractivity contribution in [3.8, 4) is 0 Å². The lowest BCUT2D eigenvalue weighted by Crippen LogP contribution is -2.43. The van der Waals surface area contributed by atoms with Gasteiger partial charge in [0.15, 0.2) is 0 Å². The first-order valence-corrected chi connectivity index (χ1v) is 8.67. The van der Waals surface area contributed by atoms with Crippen molar-refractivity contribution < 1.29 is 0 Å². The molecule has 0 aromatic heterocycles. The minimum absolute atomic E-state index is 0.722. The zero-order valence-electron chi connectivity index (χ0n) is 14.1. The molecule has 0 aromatic rings. The number of hydrazone groups is 1. The summed E-state index contributed by atoms with van der Waals surface area (Å²) in [6.45, 7) is 12.0. The van der Waals surface area contributed by atoms with Crippen molar-refractivity contribution in [2.75, 3.05) is 13.1 Å². The lowest BCUT2D eigenvalue weighted by atomic mass is 9.90. The molecule has 0 saturated heterocycles. The number of fused-ring (bicyclic) bond motifs is 1. The Kier molecular flexibility index (Phi) is 4.97. The fourth-order valence-electron chi connectivity index (χ4n) is 3.81. The molecule has 3 rings (SSSR count). The van der Waals surface area contributed by atoms with Gasteiger partial charge in [0.05, 0.1) is 11.4 Å². The molecular weight excluding hydrogens is 282 g/mol. The van der Waals surface area contributed by atoms with Crippen molar-refractivity contribution in [1.29, 1.82) is 0 Å². The van der Waals surface area contributed by atoms with Crippen LogP contribution >= 0.6 is 0 Å². The SMILES string of the molecule is C=C/C=C\C1=C(C)C2=CCN(C3CCCCC3)CC2=NNC1=C. The quantitative estimate of drug-likeness (QED) is 0.795. The van der Waals surface area contributed by atoms with Gasteiger partial charge in [0.1, 0.15) is 0 Å². The van der Waals surface area contributed by atoms with Crippen LogP contribution in [0.1, 0.15) is 39.0 Å². The largest absolute Gasteiger partial charge is 0.291 e. The van der Waals surface area contributed by atoms with Crippen LogP contribution in [0.3, 0.4) is 0 Å². The summed E-state index contributed by atoms with van der Waals surface area (Å²) >= 11 is 0. The van der Waals surface area contributed by atoms with Crippen LogP contribution in [0, 0.1) is 0 Å². The lowest BCUT2D eigenvalue weighted by molar-refractivity contribution is 0.192. The van der Waals surface area contributed by atoms with Gasteiger partial charge in [0, 0.05) is 24.7 Å². The Labute approximate surface area is 139 Å². The topological polar surface area (TPSA) is 27.6 Å². The molecule has 1 N–H and O–H groups in total. The van der Waals surface area contributed by atoms with Gasteiger partial charge < -0.3 is 0 Å². The summed E-state index contributed by atoms with van der Waals surface area (Å²) in [6.07, 6.45) is 14.9. The zero-order chi connectivity index (χ0) is 16.2. The van der Waals surface area contributed by atoms with Crippen molar-refractivity contribution in [3.05, 3.63) is 59.9 Å². The highest BCUT2D eigenvalue weighted by Gasteiger charge is 2.28. The Bertz CT molecular complexity index is 613. The van der Waals surface area contributed by atoms with E-state index in [1.165, 1.54) is 43.3 Å². The molecule has 23 heavy (non-hydrogen) atoms. The van der Waals surface area contributed by atoms with Crippen LogP contribution in [0.2, 0.25) is 0 Å². The minimum Gasteiger partial charge on any atom is -0.291 e. The fourth-order valence-corrected chi connectivity index (χ4v) is 3.81. The molecule has 0 atom stereocenters. The maximum atomic E-state index is 4.64. The van der Waals surface area contributed by atoms with Crippen molar-refractivity contribution >= 4 is 5.71 Å². The maximum Gasteiger partial charge on any atom is 0.0819 e. The first kappa shape index (κ1) is 16.0. The average Bonchev–Trinajstić information content (AvgIpc) is 2.71. The Morgan fingerprint density at radius 1 is 1.30 bits per heavy atom. The summed E-state index contributed by atoms with van der Waals surface area (Å²) in [5.74, 6) is 0. The number of allylic oxidation sites excluding steroid dienone is 4. The second-order valence-corrected chi connectivity index (χ2v) is 6.62. The van der Waals surface area contributed by atoms with Gasteiger partial charge in [0.25, 0.3) is 0 Å². The Morgan fingerprint density at radius 3 is 2.83 bits per heavy atom. The second kappa shape index (κ2) is 7.14. The number of rotatable bonds is 3. The molecule has 0 bridgehead atoms. The summed E-state index contributed by atoms with van der Waals surface area (Å²) in [6, 6.07) is 0.722. The highest BCUT2D eigenvalue weighted by Crippen LogP contribution is 2.29. The molecule has 1 aliphatic carbocycles. The van der Waals surface area contributed by atoms with Gasteiger partial charge in [-0.15, -0.1) is 0 Å². The van der Waals surface area contributed by atoms with E-state index >= 15 is 0 Å². The molecule has 3 nitrogen and oxygen atoms in total. The van der Waals surface area contributed by atoms with Gasteiger partial charge in [0.2, 0.25) is 0 Å². The van der Waals surface area contributed by atoms with E-state index in [-0.39, 0.29) is 0 Å². The maximum absolute atomic E-state index is 4.64. The first-order chi connectivity index (χ1) is 11.2. The predicted octanol–water partition coefficient (Wildman–Crippen LogP) is 4.09. The molecule has 0 aromatic carbocycles. The van der Waals surface area contributed by atoms with E-state index in [2.05, 4.69) is 47.7 Å². The highest BCUT2D eigenvalue weighted by atomic mass is 15.3. The normalized spacial score (nSPS) is 24.0. The molecule has 0 amide bonds. The van der Waals surface area contributed by atoms with E-state index in [4.69, 9.17) is 0 Å². The van der Waals surface area contributed by atoms with Crippen LogP contribution < -0.4 is 5.43 Å². The Balaban J connectivity index is 1.87. The Morgan fingerprint density at radius 2 is 2.09 bits per heavy atom. The van der Waals surface area contributed by atoms with Crippen LogP contribution in [0.15, 0.2) is 65.0 Å². The highest BCUT2D eigenvalue weighted by molar-refractivity contribution is 6.06. The van der Waals surface area contributed by atoms with Gasteiger partial charge in [-0.25, -0.2) is 0 Å². The summed E-state index contributed by atoms with van der Waals surface area (Å²) in [5.41, 5.74) is 8.77. The summed E-state index contributed by atoms with van der Waals surface area (Å²) in [5, 5.41) is 4.64. The molecule has 3 heteroatoms. The number of nitrogens with zero attached hydrogens (tertiary/aromatic N) is 2. The molecule has 0 unspecified atom stereocenters. The first-order valence-electron chi connectivity index (χ1n) is 8.67. The molecule has 3 aliphatic rings. The summed E-state index contributed by atoms with van der Waals surface area (Å²) in [4.78, 5) is 2.59. The molecule has 0 spiro atoms. The molecule has 122 valence electrons. The molecule has 2 heterocycles. The Hall–Kier alpha value is -1.87. The van der Waals surface area contributed by atoms with Gasteiger partial charge in [-0.05, 0) is 30.9 Å². The van der Waals surface area contributed by atoms with E-state index in [0.717, 1.165) is 36.1 Å². The molecule has 2 aliphatic heterocycles. The van der Waals surface area contributed by atoms with Gasteiger partial charge in [-0.3, -0.25) is 10.3 Å². The second-order valence-electron chi connectivity index (χ2n) is 6.62. The molecule has 0 radical (unpaired) electrons. The van der Waals surface area contributed by atoms with Crippen LogP contribution in [0.4, 0.5) is 0 Å². The summed E-state index contributed by atoms with van der Waals surface area (Å²) in [7, 11) is 0. The average molecular weight is 309 g/mol. The van der Waals surface area contributed by atoms with E-state index in [0.29, 0.717) is 0 Å². The number of hydrogen-bond acceptors (Lipinski definition) is 3. The lowest BCUT2D eigenvalue weighted by Gasteiger charge is -2.36.